The van der Waals surface area contributed by atoms with Gasteiger partial charge in [0.15, 0.2) is 0 Å². The Morgan fingerprint density at radius 3 is 2.56 bits per heavy atom. The molecule has 0 saturated carbocycles. The first-order valence-electron chi connectivity index (χ1n) is 2.50. The molecular formula is C7H8OW. The van der Waals surface area contributed by atoms with Crippen LogP contribution in [-0.4, -0.2) is 10.2 Å². The molecule has 0 unspecified atom stereocenters. The van der Waals surface area contributed by atoms with Crippen molar-refractivity contribution < 1.29 is 24.1 Å². The van der Waals surface area contributed by atoms with Gasteiger partial charge in [-0.1, -0.05) is 0 Å². The van der Waals surface area contributed by atoms with Gasteiger partial charge in [-0.25, -0.2) is 0 Å². The van der Waals surface area contributed by atoms with Crippen LogP contribution in [0.2, 0.25) is 0 Å². The van der Waals surface area contributed by atoms with Crippen LogP contribution < -0.4 is 0 Å². The number of hydrogen-bond acceptors (Lipinski definition) is 1. The molecule has 0 aliphatic rings. The Kier molecular flexibility index (Phi) is 4.43. The van der Waals surface area contributed by atoms with E-state index in [0.29, 0.717) is 0 Å². The van der Waals surface area contributed by atoms with Crippen molar-refractivity contribution in [2.75, 3.05) is 0 Å². The van der Waals surface area contributed by atoms with Gasteiger partial charge < -0.3 is 0 Å². The fourth-order valence-corrected chi connectivity index (χ4v) is 0.985. The molecular weight excluding hydrogens is 284 g/mol. The van der Waals surface area contributed by atoms with Crippen molar-refractivity contribution in [2.45, 2.75) is 6.92 Å². The van der Waals surface area contributed by atoms with E-state index >= 15 is 0 Å². The van der Waals surface area contributed by atoms with Crippen molar-refractivity contribution in [3.05, 3.63) is 24.3 Å². The van der Waals surface area contributed by atoms with Crippen molar-refractivity contribution in [1.82, 2.24) is 0 Å². The molecule has 2 heteroatoms. The third-order valence-electron chi connectivity index (χ3n) is 0.808. The van der Waals surface area contributed by atoms with E-state index in [9.17, 15) is 4.79 Å². The Bertz CT molecular complexity index is 168. The zero-order valence-electron chi connectivity index (χ0n) is 5.26. The topological polar surface area (TPSA) is 17.1 Å². The van der Waals surface area contributed by atoms with Crippen LogP contribution in [0.25, 0.3) is 0 Å². The SMILES string of the molecule is C=C/C(C)=C\[C](=[W])C=O. The van der Waals surface area contributed by atoms with Gasteiger partial charge in [0.2, 0.25) is 0 Å². The molecule has 0 aromatic rings. The maximum absolute atomic E-state index is 10.1. The first-order chi connectivity index (χ1) is 4.20. The molecule has 0 saturated heterocycles. The Hall–Kier alpha value is -0.292. The Morgan fingerprint density at radius 2 is 2.22 bits per heavy atom. The predicted octanol–water partition coefficient (Wildman–Crippen LogP) is 1.04. The average Bonchev–Trinajstić information content (AvgIpc) is 1.87. The average molecular weight is 292 g/mol. The predicted molar refractivity (Wildman–Crippen MR) is 35.0 cm³/mol. The maximum atomic E-state index is 10.1. The second-order valence-electron chi connectivity index (χ2n) is 1.61. The van der Waals surface area contributed by atoms with Gasteiger partial charge in [0, 0.05) is 0 Å². The van der Waals surface area contributed by atoms with Crippen molar-refractivity contribution in [3.63, 3.8) is 0 Å². The molecule has 0 aromatic carbocycles. The second-order valence-corrected chi connectivity index (χ2v) is 3.31. The molecule has 0 amide bonds. The zero-order valence-corrected chi connectivity index (χ0v) is 8.19. The van der Waals surface area contributed by atoms with Crippen LogP contribution in [0.5, 0.6) is 0 Å². The van der Waals surface area contributed by atoms with Crippen LogP contribution in [0.3, 0.4) is 0 Å². The van der Waals surface area contributed by atoms with Crippen LogP contribution in [0, 0.1) is 0 Å². The molecule has 0 bridgehead atoms. The van der Waals surface area contributed by atoms with Crippen LogP contribution in [0.1, 0.15) is 6.92 Å². The number of carbonyl (C=O) groups is 1. The first-order valence-corrected chi connectivity index (χ1v) is 3.97. The molecule has 0 aromatic heterocycles. The van der Waals surface area contributed by atoms with Crippen LogP contribution in [0.4, 0.5) is 0 Å². The van der Waals surface area contributed by atoms with E-state index in [1.54, 1.807) is 6.08 Å². The summed E-state index contributed by atoms with van der Waals surface area (Å²) in [7, 11) is 0. The van der Waals surface area contributed by atoms with Crippen molar-refractivity contribution in [1.29, 1.82) is 0 Å². The molecule has 1 nitrogen and oxygen atoms in total. The first kappa shape index (κ1) is 8.71. The van der Waals surface area contributed by atoms with Crippen LogP contribution >= 0.6 is 0 Å². The summed E-state index contributed by atoms with van der Waals surface area (Å²) in [5, 5.41) is 0. The van der Waals surface area contributed by atoms with Gasteiger partial charge in [-0.2, -0.15) is 0 Å². The quantitative estimate of drug-likeness (QED) is 0.561. The van der Waals surface area contributed by atoms with Gasteiger partial charge in [0.1, 0.15) is 0 Å². The summed E-state index contributed by atoms with van der Waals surface area (Å²) in [5.41, 5.74) is 1.03. The van der Waals surface area contributed by atoms with E-state index < -0.39 is 0 Å². The van der Waals surface area contributed by atoms with Gasteiger partial charge in [-0.15, -0.1) is 0 Å². The van der Waals surface area contributed by atoms with Gasteiger partial charge in [0.05, 0.1) is 0 Å². The molecule has 0 heterocycles. The van der Waals surface area contributed by atoms with E-state index in [1.807, 2.05) is 13.0 Å². The third kappa shape index (κ3) is 4.23. The second kappa shape index (κ2) is 4.57. The summed E-state index contributed by atoms with van der Waals surface area (Å²) in [4.78, 5) is 10.1. The Morgan fingerprint density at radius 1 is 1.67 bits per heavy atom. The number of allylic oxidation sites excluding steroid dienone is 3. The summed E-state index contributed by atoms with van der Waals surface area (Å²) < 4.78 is 0.812. The van der Waals surface area contributed by atoms with Gasteiger partial charge in [-0.3, -0.25) is 0 Å². The molecule has 0 N–H and O–H groups in total. The monoisotopic (exact) mass is 292 g/mol. The normalized spacial score (nSPS) is 10.6. The summed E-state index contributed by atoms with van der Waals surface area (Å²) in [6, 6.07) is 0. The summed E-state index contributed by atoms with van der Waals surface area (Å²) >= 11 is 1.20. The zero-order chi connectivity index (χ0) is 7.28. The molecule has 9 heavy (non-hydrogen) atoms. The fraction of sp³-hybridized carbons (Fsp3) is 0.143. The molecule has 0 radical (unpaired) electrons. The molecule has 0 rings (SSSR count). The Balaban J connectivity index is 4.10. The van der Waals surface area contributed by atoms with Crippen molar-refractivity contribution in [2.24, 2.45) is 0 Å². The Labute approximate surface area is 65.9 Å². The van der Waals surface area contributed by atoms with Gasteiger partial charge in [-0.05, 0) is 0 Å². The third-order valence-corrected chi connectivity index (χ3v) is 1.58. The molecule has 48 valence electrons. The summed E-state index contributed by atoms with van der Waals surface area (Å²) in [6.45, 7) is 5.48. The number of aldehydes is 1. The molecule has 0 aliphatic carbocycles. The minimum absolute atomic E-state index is 0.812. The summed E-state index contributed by atoms with van der Waals surface area (Å²) in [6.07, 6.45) is 4.42. The van der Waals surface area contributed by atoms with Crippen LogP contribution in [-0.2, 0) is 24.1 Å². The van der Waals surface area contributed by atoms with Crippen molar-refractivity contribution in [3.8, 4) is 0 Å². The summed E-state index contributed by atoms with van der Waals surface area (Å²) in [5.74, 6) is 0. The van der Waals surface area contributed by atoms with Crippen LogP contribution in [0.15, 0.2) is 24.3 Å². The molecule has 0 atom stereocenters. The fourth-order valence-electron chi connectivity index (χ4n) is 0.317. The molecule has 0 spiro atoms. The van der Waals surface area contributed by atoms with E-state index in [2.05, 4.69) is 6.58 Å². The van der Waals surface area contributed by atoms with E-state index in [1.165, 1.54) is 19.4 Å². The van der Waals surface area contributed by atoms with E-state index in [0.717, 1.165) is 15.8 Å². The minimum atomic E-state index is 0.812. The van der Waals surface area contributed by atoms with Gasteiger partial charge >= 0.3 is 65.6 Å². The van der Waals surface area contributed by atoms with Crippen molar-refractivity contribution >= 4 is 10.2 Å². The molecule has 0 fully saturated rings. The van der Waals surface area contributed by atoms with Gasteiger partial charge in [0.25, 0.3) is 0 Å². The molecule has 0 aliphatic heterocycles. The standard InChI is InChI=1S/C7H8O.W/c1-3-7(2)5-4-6-8;/h3,5-6H,1H2,2H3;/b7-5-;. The number of carbonyl (C=O) groups excluding carboxylic acids is 1. The van der Waals surface area contributed by atoms with E-state index in [-0.39, 0.29) is 0 Å². The number of rotatable bonds is 3. The van der Waals surface area contributed by atoms with E-state index in [4.69, 9.17) is 0 Å². The number of hydrogen-bond donors (Lipinski definition) is 0.